The summed E-state index contributed by atoms with van der Waals surface area (Å²) in [5.41, 5.74) is 5.81. The molecular weight excluding hydrogens is 256 g/mol. The third kappa shape index (κ3) is 5.46. The Labute approximate surface area is 121 Å². The smallest absolute Gasteiger partial charge is 0.234 e. The van der Waals surface area contributed by atoms with Crippen molar-refractivity contribution < 1.29 is 9.59 Å². The summed E-state index contributed by atoms with van der Waals surface area (Å²) < 4.78 is 0. The molecule has 0 aliphatic heterocycles. The fraction of sp³-hybridized carbons (Fsp3) is 0.857. The summed E-state index contributed by atoms with van der Waals surface area (Å²) in [5, 5.41) is 5.49. The van der Waals surface area contributed by atoms with Crippen LogP contribution in [0.15, 0.2) is 0 Å². The van der Waals surface area contributed by atoms with E-state index >= 15 is 0 Å². The fourth-order valence-corrected chi connectivity index (χ4v) is 2.92. The zero-order valence-electron chi connectivity index (χ0n) is 12.7. The minimum Gasteiger partial charge on any atom is -0.355 e. The van der Waals surface area contributed by atoms with Gasteiger partial charge in [0.15, 0.2) is 0 Å². The Morgan fingerprint density at radius 3 is 2.55 bits per heavy atom. The van der Waals surface area contributed by atoms with Gasteiger partial charge in [-0.25, -0.2) is 0 Å². The summed E-state index contributed by atoms with van der Waals surface area (Å²) in [5.74, 6) is 0.452. The van der Waals surface area contributed by atoms with Crippen LogP contribution in [0, 0.1) is 5.92 Å². The molecule has 4 N–H and O–H groups in total. The third-order valence-corrected chi connectivity index (χ3v) is 3.96. The van der Waals surface area contributed by atoms with Gasteiger partial charge in [0.25, 0.3) is 0 Å². The molecule has 0 saturated heterocycles. The predicted molar refractivity (Wildman–Crippen MR) is 79.1 cm³/mol. The number of carbonyl (C=O) groups excluding carboxylic acids is 2. The first kappa shape index (κ1) is 16.9. The van der Waals surface area contributed by atoms with Gasteiger partial charge in [-0.3, -0.25) is 14.5 Å². The molecule has 0 aromatic rings. The topological polar surface area (TPSA) is 87.5 Å². The van der Waals surface area contributed by atoms with Gasteiger partial charge < -0.3 is 16.4 Å². The lowest BCUT2D eigenvalue weighted by Gasteiger charge is -2.31. The summed E-state index contributed by atoms with van der Waals surface area (Å²) in [6.45, 7) is 6.47. The van der Waals surface area contributed by atoms with Crippen molar-refractivity contribution in [3.05, 3.63) is 0 Å². The van der Waals surface area contributed by atoms with Crippen LogP contribution >= 0.6 is 0 Å². The highest BCUT2D eigenvalue weighted by atomic mass is 16.2. The maximum atomic E-state index is 11.9. The standard InChI is InChI=1S/C14H28N4O2/c1-3-18(13-6-4-5-12(13)9-15)10-14(20)17-8-7-16-11(2)19/h12-13H,3-10,15H2,1-2H3,(H,16,19)(H,17,20). The van der Waals surface area contributed by atoms with E-state index in [2.05, 4.69) is 22.5 Å². The van der Waals surface area contributed by atoms with E-state index in [-0.39, 0.29) is 11.8 Å². The minimum absolute atomic E-state index is 0.0138. The number of amides is 2. The van der Waals surface area contributed by atoms with Gasteiger partial charge in [0.2, 0.25) is 11.8 Å². The zero-order valence-corrected chi connectivity index (χ0v) is 12.7. The number of hydrogen-bond donors (Lipinski definition) is 3. The molecule has 20 heavy (non-hydrogen) atoms. The molecule has 116 valence electrons. The van der Waals surface area contributed by atoms with Crippen molar-refractivity contribution in [2.45, 2.75) is 39.2 Å². The monoisotopic (exact) mass is 284 g/mol. The molecule has 1 aliphatic rings. The molecule has 2 amide bonds. The molecular formula is C14H28N4O2. The SMILES string of the molecule is CCN(CC(=O)NCCNC(C)=O)C1CCCC1CN. The van der Waals surface area contributed by atoms with E-state index in [1.54, 1.807) is 0 Å². The van der Waals surface area contributed by atoms with E-state index in [4.69, 9.17) is 5.73 Å². The molecule has 2 unspecified atom stereocenters. The first-order valence-electron chi connectivity index (χ1n) is 7.53. The lowest BCUT2D eigenvalue weighted by atomic mass is 10.0. The number of hydrogen-bond acceptors (Lipinski definition) is 4. The summed E-state index contributed by atoms with van der Waals surface area (Å²) in [6.07, 6.45) is 3.50. The number of nitrogens with one attached hydrogen (secondary N) is 2. The van der Waals surface area contributed by atoms with Crippen molar-refractivity contribution >= 4 is 11.8 Å². The molecule has 0 radical (unpaired) electrons. The number of likely N-dealkylation sites (N-methyl/N-ethyl adjacent to an activating group) is 1. The quantitative estimate of drug-likeness (QED) is 0.534. The molecule has 0 spiro atoms. The normalized spacial score (nSPS) is 22.0. The Kier molecular flexibility index (Phi) is 7.54. The predicted octanol–water partition coefficient (Wildman–Crippen LogP) is -0.312. The molecule has 0 aromatic heterocycles. The summed E-state index contributed by atoms with van der Waals surface area (Å²) in [4.78, 5) is 24.8. The molecule has 6 nitrogen and oxygen atoms in total. The van der Waals surface area contributed by atoms with Crippen molar-refractivity contribution in [1.29, 1.82) is 0 Å². The van der Waals surface area contributed by atoms with Gasteiger partial charge >= 0.3 is 0 Å². The Morgan fingerprint density at radius 2 is 1.95 bits per heavy atom. The fourth-order valence-electron chi connectivity index (χ4n) is 2.92. The second-order valence-corrected chi connectivity index (χ2v) is 5.39. The molecule has 0 bridgehead atoms. The number of rotatable bonds is 8. The molecule has 1 rings (SSSR count). The zero-order chi connectivity index (χ0) is 15.0. The van der Waals surface area contributed by atoms with E-state index in [1.807, 2.05) is 0 Å². The van der Waals surface area contributed by atoms with Gasteiger partial charge in [-0.1, -0.05) is 13.3 Å². The lowest BCUT2D eigenvalue weighted by Crippen LogP contribution is -2.46. The Bertz CT molecular complexity index is 322. The van der Waals surface area contributed by atoms with Crippen LogP contribution in [0.1, 0.15) is 33.1 Å². The van der Waals surface area contributed by atoms with Crippen molar-refractivity contribution in [3.8, 4) is 0 Å². The second kappa shape index (κ2) is 8.92. The molecule has 2 atom stereocenters. The van der Waals surface area contributed by atoms with Crippen LogP contribution in [0.2, 0.25) is 0 Å². The highest BCUT2D eigenvalue weighted by molar-refractivity contribution is 5.78. The van der Waals surface area contributed by atoms with E-state index in [1.165, 1.54) is 19.8 Å². The van der Waals surface area contributed by atoms with E-state index in [9.17, 15) is 9.59 Å². The van der Waals surface area contributed by atoms with Crippen LogP contribution in [0.3, 0.4) is 0 Å². The lowest BCUT2D eigenvalue weighted by molar-refractivity contribution is -0.123. The van der Waals surface area contributed by atoms with Crippen LogP contribution in [0.5, 0.6) is 0 Å². The first-order valence-corrected chi connectivity index (χ1v) is 7.53. The van der Waals surface area contributed by atoms with Crippen molar-refractivity contribution in [2.75, 3.05) is 32.7 Å². The van der Waals surface area contributed by atoms with Crippen LogP contribution < -0.4 is 16.4 Å². The Balaban J connectivity index is 2.32. The Hall–Kier alpha value is -1.14. The number of nitrogens with zero attached hydrogens (tertiary/aromatic N) is 1. The molecule has 1 aliphatic carbocycles. The van der Waals surface area contributed by atoms with Gasteiger partial charge in [-0.2, -0.15) is 0 Å². The average molecular weight is 284 g/mol. The second-order valence-electron chi connectivity index (χ2n) is 5.39. The van der Waals surface area contributed by atoms with E-state index in [0.717, 1.165) is 13.0 Å². The van der Waals surface area contributed by atoms with E-state index < -0.39 is 0 Å². The van der Waals surface area contributed by atoms with Gasteiger partial charge in [-0.15, -0.1) is 0 Å². The number of carbonyl (C=O) groups is 2. The molecule has 0 heterocycles. The van der Waals surface area contributed by atoms with Crippen LogP contribution in [-0.4, -0.2) is 55.5 Å². The van der Waals surface area contributed by atoms with Gasteiger partial charge in [0.05, 0.1) is 6.54 Å². The number of nitrogens with two attached hydrogens (primary N) is 1. The van der Waals surface area contributed by atoms with E-state index in [0.29, 0.717) is 38.1 Å². The molecule has 0 aromatic carbocycles. The van der Waals surface area contributed by atoms with Gasteiger partial charge in [0.1, 0.15) is 0 Å². The van der Waals surface area contributed by atoms with Gasteiger partial charge in [0, 0.05) is 26.1 Å². The third-order valence-electron chi connectivity index (χ3n) is 3.96. The van der Waals surface area contributed by atoms with Crippen LogP contribution in [0.25, 0.3) is 0 Å². The average Bonchev–Trinajstić information content (AvgIpc) is 2.89. The largest absolute Gasteiger partial charge is 0.355 e. The maximum Gasteiger partial charge on any atom is 0.234 e. The van der Waals surface area contributed by atoms with Crippen LogP contribution in [-0.2, 0) is 9.59 Å². The van der Waals surface area contributed by atoms with Crippen molar-refractivity contribution in [2.24, 2.45) is 11.7 Å². The van der Waals surface area contributed by atoms with Crippen molar-refractivity contribution in [3.63, 3.8) is 0 Å². The summed E-state index contributed by atoms with van der Waals surface area (Å²) in [7, 11) is 0. The van der Waals surface area contributed by atoms with Crippen molar-refractivity contribution in [1.82, 2.24) is 15.5 Å². The summed E-state index contributed by atoms with van der Waals surface area (Å²) in [6, 6.07) is 0.436. The Morgan fingerprint density at radius 1 is 1.25 bits per heavy atom. The molecule has 1 saturated carbocycles. The molecule has 6 heteroatoms. The maximum absolute atomic E-state index is 11.9. The molecule has 1 fully saturated rings. The van der Waals surface area contributed by atoms with Gasteiger partial charge in [-0.05, 0) is 31.8 Å². The highest BCUT2D eigenvalue weighted by Crippen LogP contribution is 2.28. The first-order chi connectivity index (χ1) is 9.58. The van der Waals surface area contributed by atoms with Crippen LogP contribution in [0.4, 0.5) is 0 Å². The minimum atomic E-state index is -0.0776. The highest BCUT2D eigenvalue weighted by Gasteiger charge is 2.31. The summed E-state index contributed by atoms with van der Waals surface area (Å²) >= 11 is 0.